The average Bonchev–Trinajstić information content (AvgIpc) is 2.88. The molecule has 0 fully saturated rings. The van der Waals surface area contributed by atoms with Gasteiger partial charge in [0, 0.05) is 29.3 Å². The Morgan fingerprint density at radius 3 is 2.29 bits per heavy atom. The lowest BCUT2D eigenvalue weighted by Gasteiger charge is -2.09. The molecule has 1 aliphatic heterocycles. The molecule has 1 amide bonds. The molecule has 1 aliphatic rings. The molecule has 2 aromatic carbocycles. The second kappa shape index (κ2) is 6.04. The van der Waals surface area contributed by atoms with E-state index in [0.717, 1.165) is 0 Å². The van der Waals surface area contributed by atoms with Crippen molar-refractivity contribution in [2.24, 2.45) is 0 Å². The van der Waals surface area contributed by atoms with E-state index >= 15 is 0 Å². The second-order valence-electron chi connectivity index (χ2n) is 5.11. The molecule has 0 spiro atoms. The summed E-state index contributed by atoms with van der Waals surface area (Å²) in [6.45, 7) is 0. The number of hydrogen-bond acceptors (Lipinski definition) is 5. The predicted molar refractivity (Wildman–Crippen MR) is 89.1 cm³/mol. The summed E-state index contributed by atoms with van der Waals surface area (Å²) < 4.78 is 10.5. The zero-order valence-electron chi connectivity index (χ0n) is 13.0. The zero-order chi connectivity index (χ0) is 17.3. The minimum atomic E-state index is -0.467. The number of ether oxygens (including phenoxy) is 2. The standard InChI is InChI=1S/C17H14N2O5/c1-23-15-8-12-13(17(20)18-14(12)9-16(15)24-2)7-10-3-5-11(6-4-10)19(21)22/h3-9H,1-2H3,(H,18,20). The van der Waals surface area contributed by atoms with Crippen LogP contribution in [0.1, 0.15) is 11.1 Å². The van der Waals surface area contributed by atoms with Gasteiger partial charge in [0.25, 0.3) is 11.6 Å². The smallest absolute Gasteiger partial charge is 0.269 e. The monoisotopic (exact) mass is 326 g/mol. The number of benzene rings is 2. The first kappa shape index (κ1) is 15.5. The summed E-state index contributed by atoms with van der Waals surface area (Å²) in [5.74, 6) is 0.786. The van der Waals surface area contributed by atoms with Gasteiger partial charge in [0.1, 0.15) is 0 Å². The Kier molecular flexibility index (Phi) is 3.91. The molecule has 0 saturated carbocycles. The highest BCUT2D eigenvalue weighted by molar-refractivity contribution is 6.35. The van der Waals surface area contributed by atoms with Gasteiger partial charge in [0.2, 0.25) is 0 Å². The van der Waals surface area contributed by atoms with E-state index in [1.165, 1.54) is 26.4 Å². The molecule has 24 heavy (non-hydrogen) atoms. The van der Waals surface area contributed by atoms with Crippen LogP contribution >= 0.6 is 0 Å². The molecule has 3 rings (SSSR count). The topological polar surface area (TPSA) is 90.7 Å². The minimum Gasteiger partial charge on any atom is -0.493 e. The highest BCUT2D eigenvalue weighted by atomic mass is 16.6. The number of rotatable bonds is 4. The maximum absolute atomic E-state index is 12.2. The largest absolute Gasteiger partial charge is 0.493 e. The summed E-state index contributed by atoms with van der Waals surface area (Å²) in [6, 6.07) is 9.41. The van der Waals surface area contributed by atoms with E-state index in [2.05, 4.69) is 5.32 Å². The third-order valence-corrected chi connectivity index (χ3v) is 3.72. The number of anilines is 1. The van der Waals surface area contributed by atoms with Crippen LogP contribution in [0.5, 0.6) is 11.5 Å². The van der Waals surface area contributed by atoms with Crippen LogP contribution in [-0.4, -0.2) is 25.1 Å². The summed E-state index contributed by atoms with van der Waals surface area (Å²) in [6.07, 6.45) is 1.68. The number of non-ortho nitro benzene ring substituents is 1. The summed E-state index contributed by atoms with van der Waals surface area (Å²) >= 11 is 0. The molecule has 1 N–H and O–H groups in total. The van der Waals surface area contributed by atoms with Crippen molar-refractivity contribution in [1.82, 2.24) is 0 Å². The molecule has 7 nitrogen and oxygen atoms in total. The quantitative estimate of drug-likeness (QED) is 0.529. The summed E-state index contributed by atoms with van der Waals surface area (Å²) in [5.41, 5.74) is 2.47. The van der Waals surface area contributed by atoms with Gasteiger partial charge in [0.15, 0.2) is 11.5 Å². The van der Waals surface area contributed by atoms with Gasteiger partial charge >= 0.3 is 0 Å². The number of carbonyl (C=O) groups is 1. The zero-order valence-corrected chi connectivity index (χ0v) is 13.0. The molecule has 0 aromatic heterocycles. The van der Waals surface area contributed by atoms with Gasteiger partial charge in [-0.2, -0.15) is 0 Å². The van der Waals surface area contributed by atoms with Gasteiger partial charge in [0.05, 0.1) is 24.8 Å². The van der Waals surface area contributed by atoms with Crippen molar-refractivity contribution in [3.05, 3.63) is 57.6 Å². The maximum Gasteiger partial charge on any atom is 0.269 e. The molecule has 0 aliphatic carbocycles. The van der Waals surface area contributed by atoms with Crippen LogP contribution in [0, 0.1) is 10.1 Å². The molecule has 0 radical (unpaired) electrons. The SMILES string of the molecule is COc1cc2c(cc1OC)C(=Cc1ccc([N+](=O)[O-])cc1)C(=O)N2. The first-order chi connectivity index (χ1) is 11.5. The molecule has 122 valence electrons. The van der Waals surface area contributed by atoms with Crippen molar-refractivity contribution in [1.29, 1.82) is 0 Å². The number of methoxy groups -OCH3 is 2. The number of carbonyl (C=O) groups excluding carboxylic acids is 1. The number of fused-ring (bicyclic) bond motifs is 1. The molecule has 0 atom stereocenters. The number of hydrogen-bond donors (Lipinski definition) is 1. The van der Waals surface area contributed by atoms with Gasteiger partial charge in [-0.1, -0.05) is 0 Å². The van der Waals surface area contributed by atoms with Crippen LogP contribution in [0.25, 0.3) is 11.6 Å². The second-order valence-corrected chi connectivity index (χ2v) is 5.11. The first-order valence-electron chi connectivity index (χ1n) is 7.07. The highest BCUT2D eigenvalue weighted by Crippen LogP contribution is 2.41. The van der Waals surface area contributed by atoms with E-state index in [9.17, 15) is 14.9 Å². The van der Waals surface area contributed by atoms with Crippen molar-refractivity contribution < 1.29 is 19.2 Å². The van der Waals surface area contributed by atoms with E-state index < -0.39 is 4.92 Å². The van der Waals surface area contributed by atoms with Gasteiger partial charge in [-0.25, -0.2) is 0 Å². The van der Waals surface area contributed by atoms with Crippen LogP contribution in [0.2, 0.25) is 0 Å². The molecular formula is C17H14N2O5. The predicted octanol–water partition coefficient (Wildman–Crippen LogP) is 3.10. The van der Waals surface area contributed by atoms with Crippen molar-refractivity contribution in [3.63, 3.8) is 0 Å². The normalized spacial score (nSPS) is 14.2. The molecule has 7 heteroatoms. The molecule has 0 saturated heterocycles. The van der Waals surface area contributed by atoms with Crippen molar-refractivity contribution in [2.75, 3.05) is 19.5 Å². The van der Waals surface area contributed by atoms with Crippen molar-refractivity contribution in [3.8, 4) is 11.5 Å². The van der Waals surface area contributed by atoms with Crippen LogP contribution in [-0.2, 0) is 4.79 Å². The summed E-state index contributed by atoms with van der Waals surface area (Å²) in [4.78, 5) is 22.5. The fourth-order valence-electron chi connectivity index (χ4n) is 2.52. The lowest BCUT2D eigenvalue weighted by atomic mass is 10.0. The third-order valence-electron chi connectivity index (χ3n) is 3.72. The molecular weight excluding hydrogens is 312 g/mol. The maximum atomic E-state index is 12.2. The molecule has 1 heterocycles. The van der Waals surface area contributed by atoms with Gasteiger partial charge in [-0.05, 0) is 29.8 Å². The fourth-order valence-corrected chi connectivity index (χ4v) is 2.52. The molecule has 2 aromatic rings. The van der Waals surface area contributed by atoms with Crippen molar-refractivity contribution >= 4 is 28.9 Å². The molecule has 0 unspecified atom stereocenters. The molecule has 0 bridgehead atoms. The Hall–Kier alpha value is -3.35. The van der Waals surface area contributed by atoms with Gasteiger partial charge in [-0.3, -0.25) is 14.9 Å². The summed E-state index contributed by atoms with van der Waals surface area (Å²) in [7, 11) is 3.04. The average molecular weight is 326 g/mol. The first-order valence-corrected chi connectivity index (χ1v) is 7.07. The number of nitro groups is 1. The summed E-state index contributed by atoms with van der Waals surface area (Å²) in [5, 5.41) is 13.5. The number of amides is 1. The lowest BCUT2D eigenvalue weighted by molar-refractivity contribution is -0.384. The van der Waals surface area contributed by atoms with E-state index in [0.29, 0.717) is 33.9 Å². The van der Waals surface area contributed by atoms with Crippen molar-refractivity contribution in [2.45, 2.75) is 0 Å². The Balaban J connectivity index is 2.04. The van der Waals surface area contributed by atoms with Gasteiger partial charge < -0.3 is 14.8 Å². The number of nitro benzene ring substituents is 1. The Morgan fingerprint density at radius 1 is 1.08 bits per heavy atom. The Labute approximate surface area is 137 Å². The Morgan fingerprint density at radius 2 is 1.71 bits per heavy atom. The lowest BCUT2D eigenvalue weighted by Crippen LogP contribution is -2.03. The van der Waals surface area contributed by atoms with Crippen LogP contribution < -0.4 is 14.8 Å². The van der Waals surface area contributed by atoms with E-state index in [1.54, 1.807) is 30.3 Å². The van der Waals surface area contributed by atoms with E-state index in [1.807, 2.05) is 0 Å². The number of nitrogens with one attached hydrogen (secondary N) is 1. The fraction of sp³-hybridized carbons (Fsp3) is 0.118. The Bertz CT molecular complexity index is 856. The van der Waals surface area contributed by atoms with Gasteiger partial charge in [-0.15, -0.1) is 0 Å². The minimum absolute atomic E-state index is 0.000158. The van der Waals surface area contributed by atoms with Crippen LogP contribution in [0.4, 0.5) is 11.4 Å². The highest BCUT2D eigenvalue weighted by Gasteiger charge is 2.26. The van der Waals surface area contributed by atoms with E-state index in [4.69, 9.17) is 9.47 Å². The van der Waals surface area contributed by atoms with Crippen LogP contribution in [0.3, 0.4) is 0 Å². The third kappa shape index (κ3) is 2.67. The number of nitrogens with zero attached hydrogens (tertiary/aromatic N) is 1. The van der Waals surface area contributed by atoms with E-state index in [-0.39, 0.29) is 11.6 Å². The van der Waals surface area contributed by atoms with Crippen LogP contribution in [0.15, 0.2) is 36.4 Å².